The molecular weight excluding hydrogens is 296 g/mol. The highest BCUT2D eigenvalue weighted by Gasteiger charge is 2.32. The fraction of sp³-hybridized carbons (Fsp3) is 0.588. The van der Waals surface area contributed by atoms with E-state index in [9.17, 15) is 9.90 Å². The molecule has 2 rings (SSSR count). The first-order valence-corrected chi connectivity index (χ1v) is 7.99. The summed E-state index contributed by atoms with van der Waals surface area (Å²) in [6.45, 7) is 4.69. The molecule has 0 fully saturated rings. The van der Waals surface area contributed by atoms with Gasteiger partial charge in [-0.3, -0.25) is 0 Å². The Bertz CT molecular complexity index is 562. The van der Waals surface area contributed by atoms with Crippen LogP contribution >= 0.6 is 0 Å². The molecule has 0 aromatic heterocycles. The Kier molecular flexibility index (Phi) is 5.71. The lowest BCUT2D eigenvalue weighted by Gasteiger charge is -2.34. The van der Waals surface area contributed by atoms with Crippen LogP contribution in [-0.4, -0.2) is 42.8 Å². The van der Waals surface area contributed by atoms with Crippen molar-refractivity contribution in [3.05, 3.63) is 23.3 Å². The first-order chi connectivity index (χ1) is 11.0. The monoisotopic (exact) mass is 322 g/mol. The quantitative estimate of drug-likeness (QED) is 0.873. The Hall–Kier alpha value is -1.95. The number of nitrogens with zero attached hydrogens (tertiary/aromatic N) is 1. The third-order valence-corrected chi connectivity index (χ3v) is 4.17. The molecule has 1 aliphatic rings. The van der Waals surface area contributed by atoms with Gasteiger partial charge in [0.05, 0.1) is 27.3 Å². The number of hydrogen-bond donors (Lipinski definition) is 2. The van der Waals surface area contributed by atoms with Gasteiger partial charge >= 0.3 is 6.03 Å². The second-order valence-electron chi connectivity index (χ2n) is 5.90. The number of methoxy groups -OCH3 is 2. The molecule has 0 saturated heterocycles. The Labute approximate surface area is 137 Å². The number of aliphatic hydroxyl groups is 1. The Morgan fingerprint density at radius 2 is 2.04 bits per heavy atom. The van der Waals surface area contributed by atoms with Gasteiger partial charge in [-0.15, -0.1) is 0 Å². The van der Waals surface area contributed by atoms with Gasteiger partial charge in [0, 0.05) is 17.2 Å². The van der Waals surface area contributed by atoms with Gasteiger partial charge in [0.1, 0.15) is 17.6 Å². The maximum absolute atomic E-state index is 12.4. The molecule has 0 spiro atoms. The molecule has 2 amide bonds. The summed E-state index contributed by atoms with van der Waals surface area (Å²) in [5.74, 6) is 1.27. The molecule has 6 heteroatoms. The van der Waals surface area contributed by atoms with Gasteiger partial charge in [-0.2, -0.15) is 0 Å². The van der Waals surface area contributed by atoms with Crippen LogP contribution in [0.2, 0.25) is 0 Å². The number of ether oxygens (including phenoxy) is 2. The predicted molar refractivity (Wildman–Crippen MR) is 87.8 cm³/mol. The van der Waals surface area contributed by atoms with Crippen molar-refractivity contribution >= 4 is 6.03 Å². The minimum absolute atomic E-state index is 0.109. The van der Waals surface area contributed by atoms with E-state index in [0.29, 0.717) is 23.6 Å². The normalized spacial score (nSPS) is 18.1. The third-order valence-electron chi connectivity index (χ3n) is 4.17. The minimum atomic E-state index is -0.795. The van der Waals surface area contributed by atoms with Crippen molar-refractivity contribution in [3.8, 4) is 11.5 Å². The third kappa shape index (κ3) is 3.69. The average molecular weight is 322 g/mol. The van der Waals surface area contributed by atoms with Crippen molar-refractivity contribution in [2.24, 2.45) is 0 Å². The molecule has 1 aromatic rings. The number of rotatable bonds is 5. The standard InChI is InChI=1S/C17H26N2O4/c1-5-6-11(2)18-17(21)19-9-12-14(22-3)7-8-15(23-4)16(12)13(20)10-19/h7-8,11,13,20H,5-6,9-10H2,1-4H3,(H,18,21)/t11-,13-/m1/s1. The number of urea groups is 1. The number of benzene rings is 1. The predicted octanol–water partition coefficient (Wildman–Crippen LogP) is 2.45. The lowest BCUT2D eigenvalue weighted by atomic mass is 9.95. The summed E-state index contributed by atoms with van der Waals surface area (Å²) in [5, 5.41) is 13.5. The molecule has 0 bridgehead atoms. The van der Waals surface area contributed by atoms with E-state index in [-0.39, 0.29) is 18.6 Å². The number of carbonyl (C=O) groups is 1. The van der Waals surface area contributed by atoms with Crippen molar-refractivity contribution in [3.63, 3.8) is 0 Å². The Morgan fingerprint density at radius 1 is 1.39 bits per heavy atom. The lowest BCUT2D eigenvalue weighted by molar-refractivity contribution is 0.0995. The number of fused-ring (bicyclic) bond motifs is 1. The number of nitrogens with one attached hydrogen (secondary N) is 1. The van der Waals surface area contributed by atoms with Gasteiger partial charge in [-0.05, 0) is 25.5 Å². The van der Waals surface area contributed by atoms with Crippen LogP contribution in [0, 0.1) is 0 Å². The summed E-state index contributed by atoms with van der Waals surface area (Å²) in [6.07, 6.45) is 1.14. The fourth-order valence-electron chi connectivity index (χ4n) is 3.04. The first kappa shape index (κ1) is 17.4. The van der Waals surface area contributed by atoms with E-state index in [1.165, 1.54) is 0 Å². The van der Waals surface area contributed by atoms with Gasteiger partial charge in [0.25, 0.3) is 0 Å². The van der Waals surface area contributed by atoms with Crippen LogP contribution in [-0.2, 0) is 6.54 Å². The molecule has 0 saturated carbocycles. The molecule has 0 unspecified atom stereocenters. The number of hydrogen-bond acceptors (Lipinski definition) is 4. The smallest absolute Gasteiger partial charge is 0.318 e. The number of amides is 2. The maximum atomic E-state index is 12.4. The van der Waals surface area contributed by atoms with Crippen LogP contribution in [0.4, 0.5) is 4.79 Å². The molecule has 0 aliphatic carbocycles. The van der Waals surface area contributed by atoms with Crippen molar-refractivity contribution in [1.82, 2.24) is 10.2 Å². The van der Waals surface area contributed by atoms with Crippen molar-refractivity contribution in [1.29, 1.82) is 0 Å². The Balaban J connectivity index is 2.24. The molecule has 1 heterocycles. The average Bonchev–Trinajstić information content (AvgIpc) is 2.53. The summed E-state index contributed by atoms with van der Waals surface area (Å²) in [7, 11) is 3.15. The zero-order valence-electron chi connectivity index (χ0n) is 14.3. The van der Waals surface area contributed by atoms with E-state index in [4.69, 9.17) is 9.47 Å². The summed E-state index contributed by atoms with van der Waals surface area (Å²) < 4.78 is 10.7. The van der Waals surface area contributed by atoms with Crippen molar-refractivity contribution < 1.29 is 19.4 Å². The zero-order valence-corrected chi connectivity index (χ0v) is 14.3. The number of β-amino-alcohol motifs (C(OH)–C–C–N with tert-alkyl or cyclic N) is 1. The Morgan fingerprint density at radius 3 is 2.65 bits per heavy atom. The summed E-state index contributed by atoms with van der Waals surface area (Å²) in [6, 6.07) is 3.52. The highest BCUT2D eigenvalue weighted by molar-refractivity contribution is 5.75. The second-order valence-corrected chi connectivity index (χ2v) is 5.90. The van der Waals surface area contributed by atoms with Gasteiger partial charge in [-0.25, -0.2) is 4.79 Å². The molecule has 23 heavy (non-hydrogen) atoms. The van der Waals surface area contributed by atoms with Gasteiger partial charge in [-0.1, -0.05) is 13.3 Å². The first-order valence-electron chi connectivity index (χ1n) is 7.99. The number of aliphatic hydroxyl groups excluding tert-OH is 1. The maximum Gasteiger partial charge on any atom is 0.318 e. The topological polar surface area (TPSA) is 71.0 Å². The second kappa shape index (κ2) is 7.55. The fourth-order valence-corrected chi connectivity index (χ4v) is 3.04. The summed E-state index contributed by atoms with van der Waals surface area (Å²) in [4.78, 5) is 14.0. The zero-order chi connectivity index (χ0) is 17.0. The highest BCUT2D eigenvalue weighted by Crippen LogP contribution is 2.39. The largest absolute Gasteiger partial charge is 0.496 e. The van der Waals surface area contributed by atoms with E-state index in [1.807, 2.05) is 6.92 Å². The number of carbonyl (C=O) groups excluding carboxylic acids is 1. The molecule has 1 aromatic carbocycles. The van der Waals surface area contributed by atoms with E-state index >= 15 is 0 Å². The van der Waals surface area contributed by atoms with Gasteiger partial charge in [0.15, 0.2) is 0 Å². The molecule has 0 radical (unpaired) electrons. The van der Waals surface area contributed by atoms with Gasteiger partial charge < -0.3 is 24.8 Å². The minimum Gasteiger partial charge on any atom is -0.496 e. The van der Waals surface area contributed by atoms with Crippen LogP contribution in [0.1, 0.15) is 43.9 Å². The molecule has 6 nitrogen and oxygen atoms in total. The van der Waals surface area contributed by atoms with E-state index in [1.54, 1.807) is 31.3 Å². The highest BCUT2D eigenvalue weighted by atomic mass is 16.5. The van der Waals surface area contributed by atoms with Crippen LogP contribution in [0.3, 0.4) is 0 Å². The SMILES string of the molecule is CCC[C@@H](C)NC(=O)N1Cc2c(OC)ccc(OC)c2[C@H](O)C1. The van der Waals surface area contributed by atoms with Crippen LogP contribution < -0.4 is 14.8 Å². The van der Waals surface area contributed by atoms with E-state index < -0.39 is 6.10 Å². The molecule has 128 valence electrons. The molecule has 2 N–H and O–H groups in total. The summed E-state index contributed by atoms with van der Waals surface area (Å²) in [5.41, 5.74) is 1.50. The summed E-state index contributed by atoms with van der Waals surface area (Å²) >= 11 is 0. The van der Waals surface area contributed by atoms with E-state index in [0.717, 1.165) is 18.4 Å². The molecule has 2 atom stereocenters. The van der Waals surface area contributed by atoms with Crippen LogP contribution in [0.25, 0.3) is 0 Å². The van der Waals surface area contributed by atoms with Crippen molar-refractivity contribution in [2.45, 2.75) is 45.4 Å². The van der Waals surface area contributed by atoms with Crippen molar-refractivity contribution in [2.75, 3.05) is 20.8 Å². The molecular formula is C17H26N2O4. The molecule has 1 aliphatic heterocycles. The van der Waals surface area contributed by atoms with Crippen LogP contribution in [0.5, 0.6) is 11.5 Å². The van der Waals surface area contributed by atoms with Crippen LogP contribution in [0.15, 0.2) is 12.1 Å². The lowest BCUT2D eigenvalue weighted by Crippen LogP contribution is -2.47. The van der Waals surface area contributed by atoms with E-state index in [2.05, 4.69) is 12.2 Å². The van der Waals surface area contributed by atoms with Gasteiger partial charge in [0.2, 0.25) is 0 Å².